The summed E-state index contributed by atoms with van der Waals surface area (Å²) in [5.41, 5.74) is 33.4. The van der Waals surface area contributed by atoms with E-state index in [4.69, 9.17) is 34.4 Å². The maximum atomic E-state index is 13.5. The third-order valence-electron chi connectivity index (χ3n) is 7.23. The monoisotopic (exact) mass is 723 g/mol. The van der Waals surface area contributed by atoms with E-state index < -0.39 is 101 Å². The van der Waals surface area contributed by atoms with Crippen molar-refractivity contribution in [1.82, 2.24) is 21.3 Å². The van der Waals surface area contributed by atoms with Crippen LogP contribution in [0.5, 0.6) is 0 Å². The topological polar surface area (TPSA) is 353 Å². The van der Waals surface area contributed by atoms with Crippen LogP contribution in [-0.2, 0) is 39.6 Å². The van der Waals surface area contributed by atoms with Crippen LogP contribution in [0, 0.1) is 5.92 Å². The van der Waals surface area contributed by atoms with Crippen LogP contribution in [0.25, 0.3) is 0 Å². The number of para-hydroxylation sites is 1. The molecule has 278 valence electrons. The van der Waals surface area contributed by atoms with Crippen LogP contribution >= 0.6 is 0 Å². The van der Waals surface area contributed by atoms with Crippen molar-refractivity contribution in [1.29, 1.82) is 0 Å². The quantitative estimate of drug-likeness (QED) is 0.0180. The molecule has 1 unspecified atom stereocenters. The number of anilines is 1. The lowest BCUT2D eigenvalue weighted by molar-refractivity contribution is -0.136. The van der Waals surface area contributed by atoms with E-state index in [9.17, 15) is 37.8 Å². The second-order valence-corrected chi connectivity index (χ2v) is 13.4. The van der Waals surface area contributed by atoms with E-state index >= 15 is 0 Å². The van der Waals surface area contributed by atoms with Gasteiger partial charge in [-0.05, 0) is 37.3 Å². The van der Waals surface area contributed by atoms with Crippen molar-refractivity contribution in [2.24, 2.45) is 39.6 Å². The van der Waals surface area contributed by atoms with Crippen molar-refractivity contribution in [3.05, 3.63) is 29.8 Å². The molecule has 0 bridgehead atoms. The molecule has 0 saturated heterocycles. The lowest BCUT2D eigenvalue weighted by Crippen LogP contribution is -2.60. The van der Waals surface area contributed by atoms with Crippen LogP contribution in [0.4, 0.5) is 5.69 Å². The molecule has 1 rings (SSSR count). The highest BCUT2D eigenvalue weighted by atomic mass is 32.2. The molecule has 0 heterocycles. The van der Waals surface area contributed by atoms with Gasteiger partial charge in [-0.2, -0.15) is 0 Å². The predicted molar refractivity (Wildman–Crippen MR) is 187 cm³/mol. The summed E-state index contributed by atoms with van der Waals surface area (Å²) in [5, 5.41) is 9.59. The number of hydrogen-bond donors (Lipinski definition) is 10. The highest BCUT2D eigenvalue weighted by Crippen LogP contribution is 2.15. The zero-order valence-corrected chi connectivity index (χ0v) is 29.1. The third-order valence-corrected chi connectivity index (χ3v) is 8.04. The van der Waals surface area contributed by atoms with Gasteiger partial charge < -0.3 is 55.7 Å². The minimum absolute atomic E-state index is 0.00747. The van der Waals surface area contributed by atoms with Crippen LogP contribution in [-0.4, -0.2) is 100 Å². The van der Waals surface area contributed by atoms with E-state index in [1.807, 2.05) is 0 Å². The molecule has 20 heteroatoms. The molecule has 6 atom stereocenters. The van der Waals surface area contributed by atoms with Crippen molar-refractivity contribution in [3.8, 4) is 0 Å². The molecule has 6 amide bonds. The molecule has 1 aromatic rings. The number of Topliss-reactive ketones (excluding diaryl/α,β-unsaturated/α-hetero) is 1. The van der Waals surface area contributed by atoms with Gasteiger partial charge in [0.2, 0.25) is 35.4 Å². The number of hydrogen-bond acceptors (Lipinski definition) is 11. The van der Waals surface area contributed by atoms with Gasteiger partial charge in [-0.25, -0.2) is 0 Å². The van der Waals surface area contributed by atoms with Crippen molar-refractivity contribution >= 4 is 63.7 Å². The van der Waals surface area contributed by atoms with Gasteiger partial charge in [-0.3, -0.25) is 42.8 Å². The van der Waals surface area contributed by atoms with Gasteiger partial charge in [0.15, 0.2) is 11.7 Å². The summed E-state index contributed by atoms with van der Waals surface area (Å²) in [6, 6.07) is -0.928. The Balaban J connectivity index is 3.27. The standard InChI is InChI=1S/C30H49N11O8S/c1-15(2)24(41-26(45)18(32)9-6-11-37-30(35)36)29(48)40-21(14-23(33)43)28(47)39-20(13-22(42)16-7-4-5-8-17(16)31)27(46)38-19(25(34)44)10-12-50(3)49/h4-5,7-8,15,18-21,24H,6,9-14,31-32H2,1-3H3,(H2,33,43)(H2,34,44)(H,38,46)(H,39,47)(H,40,48)(H,41,45)(H4,35,36,37)/t18-,19-,20-,21-,24-,50?/m0/s1. The summed E-state index contributed by atoms with van der Waals surface area (Å²) in [4.78, 5) is 94.1. The number of nitrogens with zero attached hydrogens (tertiary/aromatic N) is 1. The summed E-state index contributed by atoms with van der Waals surface area (Å²) in [6.45, 7) is 3.46. The highest BCUT2D eigenvalue weighted by Gasteiger charge is 2.34. The van der Waals surface area contributed by atoms with Crippen LogP contribution in [0.15, 0.2) is 29.3 Å². The lowest BCUT2D eigenvalue weighted by Gasteiger charge is -2.27. The fourth-order valence-electron chi connectivity index (χ4n) is 4.49. The Hall–Kier alpha value is -5.11. The number of primary amides is 2. The van der Waals surface area contributed by atoms with E-state index in [2.05, 4.69) is 26.3 Å². The average Bonchev–Trinajstić information content (AvgIpc) is 3.02. The first-order chi connectivity index (χ1) is 23.3. The summed E-state index contributed by atoms with van der Waals surface area (Å²) in [5.74, 6) is -6.93. The third kappa shape index (κ3) is 15.4. The number of carbonyl (C=O) groups is 7. The number of benzene rings is 1. The maximum absolute atomic E-state index is 13.5. The molecular formula is C30H49N11O8S. The summed E-state index contributed by atoms with van der Waals surface area (Å²) < 4.78 is 11.6. The molecule has 1 aromatic carbocycles. The number of ketones is 1. The number of aliphatic imine (C=N–C) groups is 1. The number of nitrogens with two attached hydrogens (primary N) is 6. The Morgan fingerprint density at radius 1 is 0.780 bits per heavy atom. The molecule has 0 radical (unpaired) electrons. The average molecular weight is 724 g/mol. The number of carbonyl (C=O) groups excluding carboxylic acids is 7. The number of nitrogen functional groups attached to an aromatic ring is 1. The van der Waals surface area contributed by atoms with Crippen LogP contribution < -0.4 is 55.7 Å². The predicted octanol–water partition coefficient (Wildman–Crippen LogP) is -4.05. The molecule has 0 saturated carbocycles. The summed E-state index contributed by atoms with van der Waals surface area (Å²) in [7, 11) is -1.34. The Labute approximate surface area is 292 Å². The largest absolute Gasteiger partial charge is 0.398 e. The van der Waals surface area contributed by atoms with Gasteiger partial charge in [-0.1, -0.05) is 26.0 Å². The second kappa shape index (κ2) is 21.1. The first kappa shape index (κ1) is 42.9. The number of rotatable bonds is 22. The van der Waals surface area contributed by atoms with E-state index in [1.54, 1.807) is 19.9 Å². The second-order valence-electron chi connectivity index (χ2n) is 11.8. The molecular weight excluding hydrogens is 674 g/mol. The van der Waals surface area contributed by atoms with Gasteiger partial charge in [0, 0.05) is 47.0 Å². The molecule has 16 N–H and O–H groups in total. The molecule has 0 fully saturated rings. The van der Waals surface area contributed by atoms with Crippen LogP contribution in [0.2, 0.25) is 0 Å². The highest BCUT2D eigenvalue weighted by molar-refractivity contribution is 7.84. The van der Waals surface area contributed by atoms with Crippen molar-refractivity contribution in [2.45, 2.75) is 76.2 Å². The zero-order chi connectivity index (χ0) is 38.1. The van der Waals surface area contributed by atoms with Crippen molar-refractivity contribution in [2.75, 3.05) is 24.3 Å². The van der Waals surface area contributed by atoms with Gasteiger partial charge in [0.1, 0.15) is 24.2 Å². The Morgan fingerprint density at radius 3 is 1.86 bits per heavy atom. The maximum Gasteiger partial charge on any atom is 0.243 e. The SMILES string of the molecule is CC(C)[C@H](NC(=O)[C@@H](N)CCCN=C(N)N)C(=O)N[C@@H](CC(N)=O)C(=O)N[C@@H](CC(=O)c1ccccc1N)C(=O)N[C@@H](CCS(C)=O)C(N)=O. The molecule has 0 aliphatic heterocycles. The van der Waals surface area contributed by atoms with Crippen LogP contribution in [0.3, 0.4) is 0 Å². The number of amides is 6. The number of nitrogens with one attached hydrogen (secondary N) is 4. The van der Waals surface area contributed by atoms with E-state index in [0.717, 1.165) is 0 Å². The first-order valence-corrected chi connectivity index (χ1v) is 17.3. The fraction of sp³-hybridized carbons (Fsp3) is 0.533. The summed E-state index contributed by atoms with van der Waals surface area (Å²) in [6.07, 6.45) is 0.442. The minimum Gasteiger partial charge on any atom is -0.398 e. The number of guanidine groups is 1. The van der Waals surface area contributed by atoms with E-state index in [1.165, 1.54) is 24.5 Å². The Morgan fingerprint density at radius 2 is 1.34 bits per heavy atom. The Bertz CT molecular complexity index is 1450. The van der Waals surface area contributed by atoms with Gasteiger partial charge in [0.25, 0.3) is 0 Å². The van der Waals surface area contributed by atoms with Crippen molar-refractivity contribution in [3.63, 3.8) is 0 Å². The molecule has 0 spiro atoms. The molecule has 0 aromatic heterocycles. The first-order valence-electron chi connectivity index (χ1n) is 15.6. The summed E-state index contributed by atoms with van der Waals surface area (Å²) >= 11 is 0. The van der Waals surface area contributed by atoms with E-state index in [0.29, 0.717) is 6.42 Å². The fourth-order valence-corrected chi connectivity index (χ4v) is 5.05. The normalized spacial score (nSPS) is 14.5. The van der Waals surface area contributed by atoms with Gasteiger partial charge in [0.05, 0.1) is 12.5 Å². The lowest BCUT2D eigenvalue weighted by atomic mass is 10.00. The van der Waals surface area contributed by atoms with Crippen molar-refractivity contribution < 1.29 is 37.8 Å². The smallest absolute Gasteiger partial charge is 0.243 e. The van der Waals surface area contributed by atoms with Gasteiger partial charge >= 0.3 is 0 Å². The minimum atomic E-state index is -1.67. The van der Waals surface area contributed by atoms with E-state index in [-0.39, 0.29) is 42.3 Å². The molecule has 50 heavy (non-hydrogen) atoms. The molecule has 0 aliphatic rings. The van der Waals surface area contributed by atoms with Gasteiger partial charge in [-0.15, -0.1) is 0 Å². The van der Waals surface area contributed by atoms with Crippen LogP contribution in [0.1, 0.15) is 56.3 Å². The molecule has 0 aliphatic carbocycles. The Kier molecular flexibility index (Phi) is 18.1. The zero-order valence-electron chi connectivity index (χ0n) is 28.3. The molecule has 19 nitrogen and oxygen atoms in total.